The van der Waals surface area contributed by atoms with Crippen molar-refractivity contribution in [1.29, 1.82) is 0 Å². The minimum atomic E-state index is -0.780. The Morgan fingerprint density at radius 3 is 2.53 bits per heavy atom. The zero-order valence-electron chi connectivity index (χ0n) is 9.18. The molecule has 0 saturated heterocycles. The molecule has 0 saturated carbocycles. The van der Waals surface area contributed by atoms with Gasteiger partial charge in [0.2, 0.25) is 0 Å². The number of carboxylic acids is 1. The van der Waals surface area contributed by atoms with Crippen LogP contribution in [0.2, 0.25) is 0 Å². The fraction of sp³-hybridized carbons (Fsp3) is 0.417. The predicted octanol–water partition coefficient (Wildman–Crippen LogP) is 1.81. The van der Waals surface area contributed by atoms with Crippen molar-refractivity contribution in [3.8, 4) is 0 Å². The van der Waals surface area contributed by atoms with Gasteiger partial charge in [0.15, 0.2) is 0 Å². The number of carboxylic acid groups (broad SMARTS) is 1. The normalized spacial score (nSPS) is 12.7. The number of likely N-dealkylation sites (N-methyl/N-ethyl adjacent to an activating group) is 1. The van der Waals surface area contributed by atoms with Gasteiger partial charge in [-0.25, -0.2) is 0 Å². The molecular weight excluding hydrogens is 190 g/mol. The summed E-state index contributed by atoms with van der Waals surface area (Å²) in [5, 5.41) is 8.63. The van der Waals surface area contributed by atoms with E-state index >= 15 is 0 Å². The molecule has 0 fully saturated rings. The Labute approximate surface area is 90.3 Å². The molecule has 0 aliphatic rings. The van der Waals surface area contributed by atoms with Crippen molar-refractivity contribution in [3.05, 3.63) is 35.9 Å². The highest BCUT2D eigenvalue weighted by atomic mass is 16.4. The van der Waals surface area contributed by atoms with E-state index in [1.807, 2.05) is 30.1 Å². The lowest BCUT2D eigenvalue weighted by Crippen LogP contribution is -2.29. The maximum Gasteiger partial charge on any atom is 0.317 e. The molecule has 0 amide bonds. The van der Waals surface area contributed by atoms with Crippen LogP contribution in [0.3, 0.4) is 0 Å². The zero-order chi connectivity index (χ0) is 11.3. The van der Waals surface area contributed by atoms with Gasteiger partial charge >= 0.3 is 5.97 Å². The molecular formula is C12H17NO2. The van der Waals surface area contributed by atoms with Crippen molar-refractivity contribution in [3.63, 3.8) is 0 Å². The number of hydrogen-bond donors (Lipinski definition) is 1. The molecule has 0 heterocycles. The molecule has 1 N–H and O–H groups in total. The highest BCUT2D eigenvalue weighted by molar-refractivity contribution is 5.69. The van der Waals surface area contributed by atoms with E-state index < -0.39 is 5.97 Å². The van der Waals surface area contributed by atoms with E-state index in [0.29, 0.717) is 5.92 Å². The van der Waals surface area contributed by atoms with Crippen LogP contribution in [-0.2, 0) is 4.79 Å². The summed E-state index contributed by atoms with van der Waals surface area (Å²) in [7, 11) is 1.83. The van der Waals surface area contributed by atoms with E-state index in [4.69, 9.17) is 5.11 Å². The molecule has 1 aromatic rings. The van der Waals surface area contributed by atoms with E-state index in [-0.39, 0.29) is 6.54 Å². The summed E-state index contributed by atoms with van der Waals surface area (Å²) in [5.74, 6) is -0.423. The van der Waals surface area contributed by atoms with Gasteiger partial charge in [-0.2, -0.15) is 0 Å². The second-order valence-electron chi connectivity index (χ2n) is 3.90. The van der Waals surface area contributed by atoms with Crippen molar-refractivity contribution in [1.82, 2.24) is 4.90 Å². The molecule has 0 aliphatic carbocycles. The summed E-state index contributed by atoms with van der Waals surface area (Å²) in [6.07, 6.45) is 0. The van der Waals surface area contributed by atoms with Gasteiger partial charge in [0, 0.05) is 6.54 Å². The minimum Gasteiger partial charge on any atom is -0.480 e. The van der Waals surface area contributed by atoms with E-state index in [1.54, 1.807) is 0 Å². The first-order chi connectivity index (χ1) is 7.09. The third-order valence-corrected chi connectivity index (χ3v) is 2.36. The Morgan fingerprint density at radius 2 is 2.00 bits per heavy atom. The van der Waals surface area contributed by atoms with Crippen LogP contribution in [0.25, 0.3) is 0 Å². The Kier molecular flexibility index (Phi) is 4.31. The molecule has 0 aliphatic heterocycles. The van der Waals surface area contributed by atoms with Crippen molar-refractivity contribution >= 4 is 5.97 Å². The van der Waals surface area contributed by atoms with Crippen LogP contribution in [0.5, 0.6) is 0 Å². The first-order valence-corrected chi connectivity index (χ1v) is 5.05. The SMILES string of the molecule is CC(CN(C)CC(=O)O)c1ccccc1. The van der Waals surface area contributed by atoms with Crippen LogP contribution in [0, 0.1) is 0 Å². The molecule has 1 unspecified atom stereocenters. The van der Waals surface area contributed by atoms with Gasteiger partial charge in [0.25, 0.3) is 0 Å². The van der Waals surface area contributed by atoms with E-state index in [0.717, 1.165) is 6.54 Å². The maximum atomic E-state index is 10.5. The first kappa shape index (κ1) is 11.7. The molecule has 0 aromatic heterocycles. The molecule has 1 rings (SSSR count). The fourth-order valence-electron chi connectivity index (χ4n) is 1.65. The summed E-state index contributed by atoms with van der Waals surface area (Å²) in [5.41, 5.74) is 1.25. The largest absolute Gasteiger partial charge is 0.480 e. The van der Waals surface area contributed by atoms with Gasteiger partial charge in [-0.1, -0.05) is 37.3 Å². The average molecular weight is 207 g/mol. The summed E-state index contributed by atoms with van der Waals surface area (Å²) in [4.78, 5) is 12.3. The molecule has 0 bridgehead atoms. The number of rotatable bonds is 5. The van der Waals surface area contributed by atoms with Gasteiger partial charge in [-0.3, -0.25) is 9.69 Å². The number of aliphatic carboxylic acids is 1. The average Bonchev–Trinajstić information content (AvgIpc) is 2.17. The van der Waals surface area contributed by atoms with Gasteiger partial charge < -0.3 is 5.11 Å². The van der Waals surface area contributed by atoms with E-state index in [2.05, 4.69) is 19.1 Å². The topological polar surface area (TPSA) is 40.5 Å². The van der Waals surface area contributed by atoms with Crippen LogP contribution in [0.1, 0.15) is 18.4 Å². The molecule has 15 heavy (non-hydrogen) atoms. The Hall–Kier alpha value is -1.35. The maximum absolute atomic E-state index is 10.5. The Morgan fingerprint density at radius 1 is 1.40 bits per heavy atom. The first-order valence-electron chi connectivity index (χ1n) is 5.05. The summed E-state index contributed by atoms with van der Waals surface area (Å²) < 4.78 is 0. The number of hydrogen-bond acceptors (Lipinski definition) is 2. The molecule has 3 nitrogen and oxygen atoms in total. The standard InChI is InChI=1S/C12H17NO2/c1-10(8-13(2)9-12(14)15)11-6-4-3-5-7-11/h3-7,10H,8-9H2,1-2H3,(H,14,15). The van der Waals surface area contributed by atoms with Gasteiger partial charge in [-0.15, -0.1) is 0 Å². The highest BCUT2D eigenvalue weighted by Gasteiger charge is 2.10. The van der Waals surface area contributed by atoms with Crippen LogP contribution < -0.4 is 0 Å². The zero-order valence-corrected chi connectivity index (χ0v) is 9.18. The lowest BCUT2D eigenvalue weighted by Gasteiger charge is -2.19. The number of nitrogens with zero attached hydrogens (tertiary/aromatic N) is 1. The smallest absolute Gasteiger partial charge is 0.317 e. The minimum absolute atomic E-state index is 0.0944. The van der Waals surface area contributed by atoms with E-state index in [1.165, 1.54) is 5.56 Å². The highest BCUT2D eigenvalue weighted by Crippen LogP contribution is 2.14. The fourth-order valence-corrected chi connectivity index (χ4v) is 1.65. The number of carbonyl (C=O) groups is 1. The lowest BCUT2D eigenvalue weighted by atomic mass is 10.0. The summed E-state index contributed by atoms with van der Waals surface area (Å²) >= 11 is 0. The third kappa shape index (κ3) is 4.13. The molecule has 3 heteroatoms. The third-order valence-electron chi connectivity index (χ3n) is 2.36. The Balaban J connectivity index is 2.49. The van der Waals surface area contributed by atoms with Crippen molar-refractivity contribution in [2.24, 2.45) is 0 Å². The van der Waals surface area contributed by atoms with Crippen LogP contribution >= 0.6 is 0 Å². The predicted molar refractivity (Wildman–Crippen MR) is 60.0 cm³/mol. The van der Waals surface area contributed by atoms with Gasteiger partial charge in [0.1, 0.15) is 0 Å². The molecule has 1 atom stereocenters. The molecule has 1 aromatic carbocycles. The van der Waals surface area contributed by atoms with Gasteiger partial charge in [0.05, 0.1) is 6.54 Å². The lowest BCUT2D eigenvalue weighted by molar-refractivity contribution is -0.138. The second kappa shape index (κ2) is 5.51. The molecule has 0 radical (unpaired) electrons. The van der Waals surface area contributed by atoms with Crippen molar-refractivity contribution < 1.29 is 9.90 Å². The molecule has 0 spiro atoms. The summed E-state index contributed by atoms with van der Waals surface area (Å²) in [6, 6.07) is 10.1. The van der Waals surface area contributed by atoms with E-state index in [9.17, 15) is 4.79 Å². The molecule has 82 valence electrons. The van der Waals surface area contributed by atoms with Crippen LogP contribution in [0.4, 0.5) is 0 Å². The van der Waals surface area contributed by atoms with Crippen LogP contribution in [0.15, 0.2) is 30.3 Å². The second-order valence-corrected chi connectivity index (χ2v) is 3.90. The quantitative estimate of drug-likeness (QED) is 0.800. The van der Waals surface area contributed by atoms with Crippen molar-refractivity contribution in [2.45, 2.75) is 12.8 Å². The Bertz CT molecular complexity index is 311. The monoisotopic (exact) mass is 207 g/mol. The van der Waals surface area contributed by atoms with Crippen molar-refractivity contribution in [2.75, 3.05) is 20.1 Å². The summed E-state index contributed by atoms with van der Waals surface area (Å²) in [6.45, 7) is 2.96. The van der Waals surface area contributed by atoms with Crippen LogP contribution in [-0.4, -0.2) is 36.1 Å². The number of benzene rings is 1. The van der Waals surface area contributed by atoms with Gasteiger partial charge in [-0.05, 0) is 18.5 Å².